The van der Waals surface area contributed by atoms with Crippen LogP contribution in [0.3, 0.4) is 0 Å². The molecule has 2 aromatic rings. The SMILES string of the molecule is CN=C(NCCC(C)N(C)Cc1ccccc1)NCc1ccc(OC)c(C(=O)OC)c1. The number of nitrogens with one attached hydrogen (secondary N) is 2. The Morgan fingerprint density at radius 1 is 1.10 bits per heavy atom. The topological polar surface area (TPSA) is 75.2 Å². The van der Waals surface area contributed by atoms with E-state index in [-0.39, 0.29) is 0 Å². The van der Waals surface area contributed by atoms with Crippen LogP contribution < -0.4 is 15.4 Å². The summed E-state index contributed by atoms with van der Waals surface area (Å²) >= 11 is 0. The van der Waals surface area contributed by atoms with Gasteiger partial charge in [-0.2, -0.15) is 0 Å². The van der Waals surface area contributed by atoms with Gasteiger partial charge >= 0.3 is 5.97 Å². The zero-order valence-electron chi connectivity index (χ0n) is 19.1. The van der Waals surface area contributed by atoms with Gasteiger partial charge in [-0.3, -0.25) is 9.89 Å². The maximum atomic E-state index is 12.0. The summed E-state index contributed by atoms with van der Waals surface area (Å²) in [6, 6.07) is 16.4. The summed E-state index contributed by atoms with van der Waals surface area (Å²) < 4.78 is 10.1. The van der Waals surface area contributed by atoms with Crippen LogP contribution in [0.2, 0.25) is 0 Å². The molecule has 7 heteroatoms. The lowest BCUT2D eigenvalue weighted by atomic mass is 10.1. The molecule has 2 aromatic carbocycles. The number of carbonyl (C=O) groups excluding carboxylic acids is 1. The molecule has 1 unspecified atom stereocenters. The highest BCUT2D eigenvalue weighted by Crippen LogP contribution is 2.20. The highest BCUT2D eigenvalue weighted by molar-refractivity contribution is 5.92. The van der Waals surface area contributed by atoms with E-state index in [2.05, 4.69) is 58.8 Å². The highest BCUT2D eigenvalue weighted by Gasteiger charge is 2.14. The molecule has 168 valence electrons. The van der Waals surface area contributed by atoms with Gasteiger partial charge in [0.25, 0.3) is 0 Å². The number of ether oxygens (including phenoxy) is 2. The van der Waals surface area contributed by atoms with E-state index in [0.29, 0.717) is 29.9 Å². The van der Waals surface area contributed by atoms with Crippen molar-refractivity contribution in [1.29, 1.82) is 0 Å². The fourth-order valence-corrected chi connectivity index (χ4v) is 3.19. The molecule has 0 aliphatic rings. The second kappa shape index (κ2) is 12.6. The maximum absolute atomic E-state index is 12.0. The first-order chi connectivity index (χ1) is 15.0. The van der Waals surface area contributed by atoms with Crippen LogP contribution in [0.4, 0.5) is 0 Å². The molecule has 0 aromatic heterocycles. The number of rotatable bonds is 10. The fraction of sp³-hybridized carbons (Fsp3) is 0.417. The number of esters is 1. The van der Waals surface area contributed by atoms with Gasteiger partial charge < -0.3 is 20.1 Å². The lowest BCUT2D eigenvalue weighted by molar-refractivity contribution is 0.0597. The Kier molecular flexibility index (Phi) is 9.84. The molecule has 0 fully saturated rings. The van der Waals surface area contributed by atoms with Crippen LogP contribution in [0.1, 0.15) is 34.8 Å². The van der Waals surface area contributed by atoms with Gasteiger partial charge in [-0.15, -0.1) is 0 Å². The van der Waals surface area contributed by atoms with E-state index >= 15 is 0 Å². The molecule has 0 radical (unpaired) electrons. The number of nitrogens with zero attached hydrogens (tertiary/aromatic N) is 2. The third-order valence-corrected chi connectivity index (χ3v) is 5.23. The monoisotopic (exact) mass is 426 g/mol. The Morgan fingerprint density at radius 3 is 2.48 bits per heavy atom. The lowest BCUT2D eigenvalue weighted by Gasteiger charge is -2.25. The van der Waals surface area contributed by atoms with Crippen molar-refractivity contribution < 1.29 is 14.3 Å². The molecule has 2 rings (SSSR count). The molecule has 2 N–H and O–H groups in total. The van der Waals surface area contributed by atoms with Gasteiger partial charge in [-0.25, -0.2) is 4.79 Å². The molecule has 1 atom stereocenters. The minimum Gasteiger partial charge on any atom is -0.496 e. The molecule has 0 amide bonds. The molecule has 0 aliphatic heterocycles. The molecule has 7 nitrogen and oxygen atoms in total. The van der Waals surface area contributed by atoms with E-state index < -0.39 is 5.97 Å². The highest BCUT2D eigenvalue weighted by atomic mass is 16.5. The van der Waals surface area contributed by atoms with Crippen LogP contribution in [0.5, 0.6) is 5.75 Å². The Morgan fingerprint density at radius 2 is 1.84 bits per heavy atom. The average Bonchev–Trinajstić information content (AvgIpc) is 2.80. The third-order valence-electron chi connectivity index (χ3n) is 5.23. The van der Waals surface area contributed by atoms with Gasteiger partial charge in [-0.1, -0.05) is 36.4 Å². The largest absolute Gasteiger partial charge is 0.496 e. The minimum absolute atomic E-state index is 0.405. The van der Waals surface area contributed by atoms with E-state index in [9.17, 15) is 4.79 Å². The predicted molar refractivity (Wildman–Crippen MR) is 125 cm³/mol. The van der Waals surface area contributed by atoms with Crippen molar-refractivity contribution >= 4 is 11.9 Å². The van der Waals surface area contributed by atoms with Crippen LogP contribution in [0.15, 0.2) is 53.5 Å². The Bertz CT molecular complexity index is 855. The van der Waals surface area contributed by atoms with Crippen molar-refractivity contribution in [2.24, 2.45) is 4.99 Å². The smallest absolute Gasteiger partial charge is 0.341 e. The number of aliphatic imine (C=N–C) groups is 1. The molecular formula is C24H34N4O3. The second-order valence-electron chi connectivity index (χ2n) is 7.42. The predicted octanol–water partition coefficient (Wildman–Crippen LogP) is 3.06. The second-order valence-corrected chi connectivity index (χ2v) is 7.42. The quantitative estimate of drug-likeness (QED) is 0.346. The van der Waals surface area contributed by atoms with Crippen molar-refractivity contribution in [2.45, 2.75) is 32.5 Å². The van der Waals surface area contributed by atoms with Gasteiger partial charge in [0, 0.05) is 32.7 Å². The lowest BCUT2D eigenvalue weighted by Crippen LogP contribution is -2.39. The van der Waals surface area contributed by atoms with E-state index in [0.717, 1.165) is 25.1 Å². The summed E-state index contributed by atoms with van der Waals surface area (Å²) in [5.41, 5.74) is 2.65. The number of guanidine groups is 1. The number of carbonyl (C=O) groups is 1. The van der Waals surface area contributed by atoms with Gasteiger partial charge in [0.05, 0.1) is 14.2 Å². The van der Waals surface area contributed by atoms with Crippen LogP contribution >= 0.6 is 0 Å². The first-order valence-corrected chi connectivity index (χ1v) is 10.4. The normalized spacial score (nSPS) is 12.4. The Balaban J connectivity index is 1.81. The maximum Gasteiger partial charge on any atom is 0.341 e. The molecular weight excluding hydrogens is 392 g/mol. The first kappa shape index (κ1) is 24.2. The summed E-state index contributed by atoms with van der Waals surface area (Å²) in [5.74, 6) is 0.787. The summed E-state index contributed by atoms with van der Waals surface area (Å²) in [4.78, 5) is 18.6. The molecule has 0 saturated carbocycles. The van der Waals surface area contributed by atoms with Crippen LogP contribution in [-0.4, -0.2) is 57.7 Å². The van der Waals surface area contributed by atoms with Gasteiger partial charge in [0.15, 0.2) is 5.96 Å². The van der Waals surface area contributed by atoms with Crippen molar-refractivity contribution in [3.8, 4) is 5.75 Å². The van der Waals surface area contributed by atoms with Gasteiger partial charge in [-0.05, 0) is 43.7 Å². The molecule has 0 aliphatic carbocycles. The number of hydrogen-bond acceptors (Lipinski definition) is 5. The zero-order valence-corrected chi connectivity index (χ0v) is 19.1. The molecule has 0 bridgehead atoms. The standard InChI is InChI=1S/C24H34N4O3/c1-18(28(3)17-19-9-7-6-8-10-19)13-14-26-24(25-2)27-16-20-11-12-22(30-4)21(15-20)23(29)31-5/h6-12,15,18H,13-14,16-17H2,1-5H3,(H2,25,26,27). The summed E-state index contributed by atoms with van der Waals surface area (Å²) in [5, 5.41) is 6.64. The number of benzene rings is 2. The summed E-state index contributed by atoms with van der Waals surface area (Å²) in [7, 11) is 6.78. The molecule has 0 heterocycles. The average molecular weight is 427 g/mol. The van der Waals surface area contributed by atoms with Crippen molar-refractivity contribution in [2.75, 3.05) is 34.9 Å². The first-order valence-electron chi connectivity index (χ1n) is 10.4. The molecule has 0 saturated heterocycles. The van der Waals surface area contributed by atoms with Crippen molar-refractivity contribution in [3.63, 3.8) is 0 Å². The van der Waals surface area contributed by atoms with Crippen LogP contribution in [-0.2, 0) is 17.8 Å². The van der Waals surface area contributed by atoms with Gasteiger partial charge in [0.1, 0.15) is 11.3 Å². The summed E-state index contributed by atoms with van der Waals surface area (Å²) in [6.07, 6.45) is 0.985. The zero-order chi connectivity index (χ0) is 22.6. The van der Waals surface area contributed by atoms with Crippen LogP contribution in [0.25, 0.3) is 0 Å². The van der Waals surface area contributed by atoms with Crippen molar-refractivity contribution in [1.82, 2.24) is 15.5 Å². The third kappa shape index (κ3) is 7.61. The van der Waals surface area contributed by atoms with Crippen molar-refractivity contribution in [3.05, 3.63) is 65.2 Å². The van der Waals surface area contributed by atoms with Crippen LogP contribution in [0, 0.1) is 0 Å². The van der Waals surface area contributed by atoms with E-state index in [4.69, 9.17) is 9.47 Å². The Labute approximate surface area is 185 Å². The summed E-state index contributed by atoms with van der Waals surface area (Å²) in [6.45, 7) is 4.48. The van der Waals surface area contributed by atoms with E-state index in [1.807, 2.05) is 12.1 Å². The van der Waals surface area contributed by atoms with E-state index in [1.165, 1.54) is 19.8 Å². The fourth-order valence-electron chi connectivity index (χ4n) is 3.19. The molecule has 0 spiro atoms. The van der Waals surface area contributed by atoms with Gasteiger partial charge in [0.2, 0.25) is 0 Å². The number of hydrogen-bond donors (Lipinski definition) is 2. The van der Waals surface area contributed by atoms with E-state index in [1.54, 1.807) is 19.2 Å². The minimum atomic E-state index is -0.421. The Hall–Kier alpha value is -3.06. The molecule has 31 heavy (non-hydrogen) atoms. The number of methoxy groups -OCH3 is 2.